The van der Waals surface area contributed by atoms with Crippen LogP contribution in [-0.4, -0.2) is 25.5 Å². The van der Waals surface area contributed by atoms with E-state index in [1.165, 1.54) is 11.1 Å². The zero-order chi connectivity index (χ0) is 15.2. The Balaban J connectivity index is 1.86. The highest BCUT2D eigenvalue weighted by Crippen LogP contribution is 2.18. The summed E-state index contributed by atoms with van der Waals surface area (Å²) >= 11 is 0. The van der Waals surface area contributed by atoms with Gasteiger partial charge in [0.05, 0.1) is 6.54 Å². The van der Waals surface area contributed by atoms with Gasteiger partial charge in [0.25, 0.3) is 0 Å². The second kappa shape index (κ2) is 7.43. The fraction of sp³-hybridized carbons (Fsp3) is 0.444. The summed E-state index contributed by atoms with van der Waals surface area (Å²) in [5.41, 5.74) is 2.66. The molecule has 2 rings (SSSR count). The van der Waals surface area contributed by atoms with Crippen LogP contribution in [0.2, 0.25) is 0 Å². The minimum Gasteiger partial charge on any atom is -0.465 e. The molecular weight excluding hydrogens is 260 g/mol. The van der Waals surface area contributed by atoms with E-state index in [0.717, 1.165) is 31.0 Å². The summed E-state index contributed by atoms with van der Waals surface area (Å²) in [6, 6.07) is 13.3. The smallest absolute Gasteiger partial charge is 0.118 e. The molecule has 1 N–H and O–H groups in total. The Hall–Kier alpha value is -1.58. The van der Waals surface area contributed by atoms with Gasteiger partial charge in [0, 0.05) is 12.6 Å². The number of hydrogen-bond acceptors (Lipinski definition) is 3. The van der Waals surface area contributed by atoms with E-state index < -0.39 is 0 Å². The predicted molar refractivity (Wildman–Crippen MR) is 87.4 cm³/mol. The van der Waals surface area contributed by atoms with Gasteiger partial charge < -0.3 is 9.73 Å². The van der Waals surface area contributed by atoms with Gasteiger partial charge in [-0.1, -0.05) is 29.8 Å². The summed E-state index contributed by atoms with van der Waals surface area (Å²) in [5.74, 6) is 2.01. The molecule has 1 heterocycles. The van der Waals surface area contributed by atoms with E-state index in [2.05, 4.69) is 54.5 Å². The van der Waals surface area contributed by atoms with Crippen molar-refractivity contribution in [2.24, 2.45) is 0 Å². The molecule has 3 nitrogen and oxygen atoms in total. The highest BCUT2D eigenvalue weighted by molar-refractivity contribution is 5.24. The molecule has 0 aliphatic rings. The molecular formula is C18H26N2O. The second-order valence-electron chi connectivity index (χ2n) is 5.79. The van der Waals surface area contributed by atoms with Gasteiger partial charge in [-0.05, 0) is 52.1 Å². The van der Waals surface area contributed by atoms with Gasteiger partial charge in [-0.3, -0.25) is 4.90 Å². The Morgan fingerprint density at radius 1 is 1.10 bits per heavy atom. The van der Waals surface area contributed by atoms with E-state index in [1.54, 1.807) is 0 Å². The van der Waals surface area contributed by atoms with Gasteiger partial charge in [0.2, 0.25) is 0 Å². The van der Waals surface area contributed by atoms with Crippen molar-refractivity contribution in [3.05, 3.63) is 59.0 Å². The molecule has 1 unspecified atom stereocenters. The van der Waals surface area contributed by atoms with Crippen molar-refractivity contribution < 1.29 is 4.42 Å². The molecule has 1 aromatic heterocycles. The highest BCUT2D eigenvalue weighted by atomic mass is 16.3. The molecule has 1 aromatic carbocycles. The summed E-state index contributed by atoms with van der Waals surface area (Å²) < 4.78 is 5.63. The molecule has 0 radical (unpaired) electrons. The summed E-state index contributed by atoms with van der Waals surface area (Å²) in [7, 11) is 4.17. The Labute approximate surface area is 128 Å². The third kappa shape index (κ3) is 4.73. The molecule has 0 amide bonds. The molecule has 114 valence electrons. The first-order chi connectivity index (χ1) is 10.1. The predicted octanol–water partition coefficient (Wildman–Crippen LogP) is 3.68. The first-order valence-electron chi connectivity index (χ1n) is 7.56. The van der Waals surface area contributed by atoms with Gasteiger partial charge in [-0.15, -0.1) is 0 Å². The summed E-state index contributed by atoms with van der Waals surface area (Å²) in [6.45, 7) is 5.99. The minimum atomic E-state index is 0.395. The fourth-order valence-electron chi connectivity index (χ4n) is 2.54. The van der Waals surface area contributed by atoms with Crippen molar-refractivity contribution in [3.63, 3.8) is 0 Å². The van der Waals surface area contributed by atoms with Crippen LogP contribution in [0.5, 0.6) is 0 Å². The average molecular weight is 286 g/mol. The number of furan rings is 1. The lowest BCUT2D eigenvalue weighted by Gasteiger charge is -2.21. The van der Waals surface area contributed by atoms with Crippen molar-refractivity contribution in [1.82, 2.24) is 10.2 Å². The molecule has 0 fully saturated rings. The number of aryl methyl sites for hydroxylation is 2. The van der Waals surface area contributed by atoms with Crippen LogP contribution in [0.4, 0.5) is 0 Å². The molecule has 0 aliphatic carbocycles. The molecule has 0 saturated carbocycles. The summed E-state index contributed by atoms with van der Waals surface area (Å²) in [5, 5.41) is 3.41. The van der Waals surface area contributed by atoms with Gasteiger partial charge in [-0.2, -0.15) is 0 Å². The Kier molecular flexibility index (Phi) is 5.59. The van der Waals surface area contributed by atoms with E-state index in [0.29, 0.717) is 6.04 Å². The molecule has 0 spiro atoms. The number of benzene rings is 1. The molecule has 21 heavy (non-hydrogen) atoms. The quantitative estimate of drug-likeness (QED) is 0.841. The highest BCUT2D eigenvalue weighted by Gasteiger charge is 2.11. The lowest BCUT2D eigenvalue weighted by molar-refractivity contribution is 0.276. The Morgan fingerprint density at radius 3 is 2.38 bits per heavy atom. The maximum atomic E-state index is 5.63. The summed E-state index contributed by atoms with van der Waals surface area (Å²) in [4.78, 5) is 2.30. The minimum absolute atomic E-state index is 0.395. The third-order valence-electron chi connectivity index (χ3n) is 3.85. The average Bonchev–Trinajstić information content (AvgIpc) is 2.86. The molecule has 0 aliphatic heterocycles. The van der Waals surface area contributed by atoms with Gasteiger partial charge >= 0.3 is 0 Å². The maximum absolute atomic E-state index is 5.63. The number of rotatable bonds is 7. The molecule has 3 heteroatoms. The van der Waals surface area contributed by atoms with E-state index >= 15 is 0 Å². The van der Waals surface area contributed by atoms with Crippen LogP contribution < -0.4 is 5.32 Å². The van der Waals surface area contributed by atoms with Crippen molar-refractivity contribution in [1.29, 1.82) is 0 Å². The van der Waals surface area contributed by atoms with Crippen LogP contribution in [0.15, 0.2) is 40.8 Å². The van der Waals surface area contributed by atoms with E-state index in [-0.39, 0.29) is 0 Å². The van der Waals surface area contributed by atoms with Crippen LogP contribution >= 0.6 is 0 Å². The van der Waals surface area contributed by atoms with Crippen LogP contribution in [0.3, 0.4) is 0 Å². The normalized spacial score (nSPS) is 12.8. The zero-order valence-corrected chi connectivity index (χ0v) is 13.5. The van der Waals surface area contributed by atoms with Gasteiger partial charge in [-0.25, -0.2) is 0 Å². The molecule has 0 bridgehead atoms. The van der Waals surface area contributed by atoms with Crippen molar-refractivity contribution >= 4 is 0 Å². The Bertz CT molecular complexity index is 545. The van der Waals surface area contributed by atoms with Crippen molar-refractivity contribution in [2.75, 3.05) is 20.6 Å². The van der Waals surface area contributed by atoms with Crippen molar-refractivity contribution in [3.8, 4) is 0 Å². The largest absolute Gasteiger partial charge is 0.465 e. The Morgan fingerprint density at radius 2 is 1.81 bits per heavy atom. The molecule has 2 aromatic rings. The fourth-order valence-corrected chi connectivity index (χ4v) is 2.54. The monoisotopic (exact) mass is 286 g/mol. The lowest BCUT2D eigenvalue weighted by atomic mass is 10.0. The molecule has 0 saturated heterocycles. The first kappa shape index (κ1) is 15.8. The number of nitrogens with zero attached hydrogens (tertiary/aromatic N) is 1. The second-order valence-corrected chi connectivity index (χ2v) is 5.79. The van der Waals surface area contributed by atoms with E-state index in [4.69, 9.17) is 4.42 Å². The third-order valence-corrected chi connectivity index (χ3v) is 3.85. The maximum Gasteiger partial charge on any atom is 0.118 e. The first-order valence-corrected chi connectivity index (χ1v) is 7.56. The van der Waals surface area contributed by atoms with Crippen LogP contribution in [0.25, 0.3) is 0 Å². The topological polar surface area (TPSA) is 28.4 Å². The SMILES string of the molecule is CNC(CCN(C)Cc1ccc(C)o1)c1ccc(C)cc1. The lowest BCUT2D eigenvalue weighted by Crippen LogP contribution is -2.25. The number of nitrogens with one attached hydrogen (secondary N) is 1. The molecule has 1 atom stereocenters. The standard InChI is InChI=1S/C18H26N2O/c1-14-5-8-16(9-6-14)18(19-3)11-12-20(4)13-17-10-7-15(2)21-17/h5-10,18-19H,11-13H2,1-4H3. The van der Waals surface area contributed by atoms with Crippen LogP contribution in [-0.2, 0) is 6.54 Å². The summed E-state index contributed by atoms with van der Waals surface area (Å²) in [6.07, 6.45) is 1.08. The van der Waals surface area contributed by atoms with Crippen LogP contribution in [0, 0.1) is 13.8 Å². The number of hydrogen-bond donors (Lipinski definition) is 1. The van der Waals surface area contributed by atoms with Crippen LogP contribution in [0.1, 0.15) is 35.1 Å². The van der Waals surface area contributed by atoms with E-state index in [9.17, 15) is 0 Å². The van der Waals surface area contributed by atoms with E-state index in [1.807, 2.05) is 20.0 Å². The zero-order valence-electron chi connectivity index (χ0n) is 13.5. The van der Waals surface area contributed by atoms with Gasteiger partial charge in [0.15, 0.2) is 0 Å². The van der Waals surface area contributed by atoms with Gasteiger partial charge in [0.1, 0.15) is 11.5 Å². The van der Waals surface area contributed by atoms with Crippen molar-refractivity contribution in [2.45, 2.75) is 32.9 Å².